The van der Waals surface area contributed by atoms with E-state index in [9.17, 15) is 0 Å². The Balaban J connectivity index is 2.92. The SMILES string of the molecule is Cc1cnc(N)c2cccc(CN)c12. The van der Waals surface area contributed by atoms with Gasteiger partial charge < -0.3 is 11.5 Å². The molecule has 0 spiro atoms. The molecule has 0 amide bonds. The molecule has 0 saturated heterocycles. The molecule has 0 atom stereocenters. The average molecular weight is 187 g/mol. The number of benzene rings is 1. The lowest BCUT2D eigenvalue weighted by Crippen LogP contribution is -2.00. The van der Waals surface area contributed by atoms with Gasteiger partial charge in [0.15, 0.2) is 0 Å². The standard InChI is InChI=1S/C11H13N3/c1-7-6-14-11(13)9-4-2-3-8(5-12)10(7)9/h2-4,6H,5,12H2,1H3,(H2,13,14). The largest absolute Gasteiger partial charge is 0.383 e. The number of nitrogens with two attached hydrogens (primary N) is 2. The molecule has 4 N–H and O–H groups in total. The highest BCUT2D eigenvalue weighted by molar-refractivity contribution is 5.95. The molecule has 2 rings (SSSR count). The van der Waals surface area contributed by atoms with Crippen molar-refractivity contribution in [2.75, 3.05) is 5.73 Å². The van der Waals surface area contributed by atoms with Crippen LogP contribution in [0, 0.1) is 6.92 Å². The molecule has 0 aliphatic heterocycles. The third-order valence-corrected chi connectivity index (χ3v) is 2.44. The van der Waals surface area contributed by atoms with Gasteiger partial charge in [-0.1, -0.05) is 18.2 Å². The van der Waals surface area contributed by atoms with Crippen molar-refractivity contribution >= 4 is 16.6 Å². The summed E-state index contributed by atoms with van der Waals surface area (Å²) in [5, 5.41) is 2.13. The number of anilines is 1. The van der Waals surface area contributed by atoms with Gasteiger partial charge in [-0.15, -0.1) is 0 Å². The number of pyridine rings is 1. The Morgan fingerprint density at radius 1 is 1.36 bits per heavy atom. The molecule has 14 heavy (non-hydrogen) atoms. The highest BCUT2D eigenvalue weighted by Crippen LogP contribution is 2.25. The van der Waals surface area contributed by atoms with Crippen molar-refractivity contribution in [3.05, 3.63) is 35.5 Å². The fourth-order valence-electron chi connectivity index (χ4n) is 1.75. The van der Waals surface area contributed by atoms with Crippen molar-refractivity contribution in [2.24, 2.45) is 5.73 Å². The normalized spacial score (nSPS) is 10.7. The first kappa shape index (κ1) is 8.97. The summed E-state index contributed by atoms with van der Waals surface area (Å²) in [5.41, 5.74) is 13.7. The Bertz CT molecular complexity index is 477. The Labute approximate surface area is 82.7 Å². The molecule has 1 heterocycles. The minimum absolute atomic E-state index is 0.529. The van der Waals surface area contributed by atoms with Crippen LogP contribution < -0.4 is 11.5 Å². The van der Waals surface area contributed by atoms with Gasteiger partial charge in [-0.05, 0) is 23.4 Å². The zero-order chi connectivity index (χ0) is 10.1. The summed E-state index contributed by atoms with van der Waals surface area (Å²) >= 11 is 0. The molecule has 72 valence electrons. The van der Waals surface area contributed by atoms with Crippen molar-refractivity contribution in [3.63, 3.8) is 0 Å². The number of hydrogen-bond donors (Lipinski definition) is 2. The minimum Gasteiger partial charge on any atom is -0.383 e. The second-order valence-corrected chi connectivity index (χ2v) is 3.37. The van der Waals surface area contributed by atoms with E-state index in [1.165, 1.54) is 0 Å². The third kappa shape index (κ3) is 1.22. The van der Waals surface area contributed by atoms with E-state index in [0.29, 0.717) is 12.4 Å². The van der Waals surface area contributed by atoms with Gasteiger partial charge in [0, 0.05) is 18.1 Å². The van der Waals surface area contributed by atoms with Crippen LogP contribution in [-0.2, 0) is 6.54 Å². The van der Waals surface area contributed by atoms with Gasteiger partial charge in [0.1, 0.15) is 5.82 Å². The van der Waals surface area contributed by atoms with Crippen LogP contribution in [0.3, 0.4) is 0 Å². The third-order valence-electron chi connectivity index (χ3n) is 2.44. The Kier molecular flexibility index (Phi) is 2.09. The second-order valence-electron chi connectivity index (χ2n) is 3.37. The van der Waals surface area contributed by atoms with Gasteiger partial charge >= 0.3 is 0 Å². The second kappa shape index (κ2) is 3.27. The van der Waals surface area contributed by atoms with E-state index >= 15 is 0 Å². The monoisotopic (exact) mass is 187 g/mol. The van der Waals surface area contributed by atoms with Gasteiger partial charge in [-0.25, -0.2) is 4.98 Å². The summed E-state index contributed by atoms with van der Waals surface area (Å²) in [7, 11) is 0. The molecular formula is C11H13N3. The lowest BCUT2D eigenvalue weighted by atomic mass is 10.0. The minimum atomic E-state index is 0.529. The van der Waals surface area contributed by atoms with Gasteiger partial charge in [0.2, 0.25) is 0 Å². The van der Waals surface area contributed by atoms with Crippen LogP contribution in [-0.4, -0.2) is 4.98 Å². The van der Waals surface area contributed by atoms with Crippen LogP contribution in [0.4, 0.5) is 5.82 Å². The van der Waals surface area contributed by atoms with E-state index < -0.39 is 0 Å². The zero-order valence-electron chi connectivity index (χ0n) is 8.12. The Morgan fingerprint density at radius 3 is 2.86 bits per heavy atom. The summed E-state index contributed by atoms with van der Waals surface area (Å²) in [6.07, 6.45) is 1.79. The summed E-state index contributed by atoms with van der Waals surface area (Å²) in [6.45, 7) is 2.55. The van der Waals surface area contributed by atoms with Crippen molar-refractivity contribution < 1.29 is 0 Å². The van der Waals surface area contributed by atoms with Gasteiger partial charge in [-0.3, -0.25) is 0 Å². The van der Waals surface area contributed by atoms with Crippen LogP contribution in [0.5, 0.6) is 0 Å². The Hall–Kier alpha value is -1.61. The summed E-state index contributed by atoms with van der Waals surface area (Å²) in [6, 6.07) is 5.96. The van der Waals surface area contributed by atoms with E-state index in [2.05, 4.69) is 4.98 Å². The first-order valence-electron chi connectivity index (χ1n) is 4.56. The summed E-state index contributed by atoms with van der Waals surface area (Å²) in [4.78, 5) is 4.12. The smallest absolute Gasteiger partial charge is 0.131 e. The number of hydrogen-bond acceptors (Lipinski definition) is 3. The molecule has 2 aromatic rings. The van der Waals surface area contributed by atoms with Gasteiger partial charge in [0.25, 0.3) is 0 Å². The predicted octanol–water partition coefficient (Wildman–Crippen LogP) is 1.58. The van der Waals surface area contributed by atoms with Crippen LogP contribution in [0.1, 0.15) is 11.1 Å². The molecule has 1 aromatic heterocycles. The quantitative estimate of drug-likeness (QED) is 0.712. The maximum absolute atomic E-state index is 5.80. The first-order valence-corrected chi connectivity index (χ1v) is 4.56. The highest BCUT2D eigenvalue weighted by atomic mass is 14.8. The number of fused-ring (bicyclic) bond motifs is 1. The fourth-order valence-corrected chi connectivity index (χ4v) is 1.75. The van der Waals surface area contributed by atoms with E-state index in [0.717, 1.165) is 21.9 Å². The maximum atomic E-state index is 5.80. The molecule has 3 nitrogen and oxygen atoms in total. The molecule has 1 aromatic carbocycles. The Morgan fingerprint density at radius 2 is 2.14 bits per heavy atom. The first-order chi connectivity index (χ1) is 6.74. The van der Waals surface area contributed by atoms with Crippen molar-refractivity contribution in [1.82, 2.24) is 4.98 Å². The number of aryl methyl sites for hydroxylation is 1. The summed E-state index contributed by atoms with van der Waals surface area (Å²) in [5.74, 6) is 0.570. The topological polar surface area (TPSA) is 64.9 Å². The lowest BCUT2D eigenvalue weighted by molar-refractivity contribution is 1.08. The van der Waals surface area contributed by atoms with E-state index in [1.54, 1.807) is 6.20 Å². The maximum Gasteiger partial charge on any atom is 0.131 e. The molecule has 0 fully saturated rings. The van der Waals surface area contributed by atoms with E-state index in [1.807, 2.05) is 25.1 Å². The highest BCUT2D eigenvalue weighted by Gasteiger charge is 2.05. The average Bonchev–Trinajstić information content (AvgIpc) is 2.23. The predicted molar refractivity (Wildman–Crippen MR) is 58.8 cm³/mol. The van der Waals surface area contributed by atoms with Gasteiger partial charge in [0.05, 0.1) is 0 Å². The molecule has 0 unspecified atom stereocenters. The number of nitrogen functional groups attached to an aromatic ring is 1. The number of nitrogens with zero attached hydrogens (tertiary/aromatic N) is 1. The van der Waals surface area contributed by atoms with Crippen molar-refractivity contribution in [3.8, 4) is 0 Å². The van der Waals surface area contributed by atoms with Crippen LogP contribution in [0.2, 0.25) is 0 Å². The summed E-state index contributed by atoms with van der Waals surface area (Å²) < 4.78 is 0. The molecule has 0 aliphatic carbocycles. The molecule has 0 aliphatic rings. The fraction of sp³-hybridized carbons (Fsp3) is 0.182. The van der Waals surface area contributed by atoms with Crippen LogP contribution >= 0.6 is 0 Å². The number of rotatable bonds is 1. The molecule has 0 saturated carbocycles. The molecule has 3 heteroatoms. The zero-order valence-corrected chi connectivity index (χ0v) is 8.12. The van der Waals surface area contributed by atoms with E-state index in [-0.39, 0.29) is 0 Å². The van der Waals surface area contributed by atoms with Gasteiger partial charge in [-0.2, -0.15) is 0 Å². The van der Waals surface area contributed by atoms with Crippen LogP contribution in [0.15, 0.2) is 24.4 Å². The molecular weight excluding hydrogens is 174 g/mol. The van der Waals surface area contributed by atoms with Crippen LogP contribution in [0.25, 0.3) is 10.8 Å². The van der Waals surface area contributed by atoms with Crippen molar-refractivity contribution in [2.45, 2.75) is 13.5 Å². The lowest BCUT2D eigenvalue weighted by Gasteiger charge is -2.08. The van der Waals surface area contributed by atoms with Crippen molar-refractivity contribution in [1.29, 1.82) is 0 Å². The number of aromatic nitrogens is 1. The molecule has 0 bridgehead atoms. The molecule has 0 radical (unpaired) electrons. The van der Waals surface area contributed by atoms with E-state index in [4.69, 9.17) is 11.5 Å².